The Kier molecular flexibility index (Phi) is 9.98. The number of aromatic nitrogens is 3. The summed E-state index contributed by atoms with van der Waals surface area (Å²) in [6.07, 6.45) is 8.36. The lowest BCUT2D eigenvalue weighted by atomic mass is 9.94. The Labute approximate surface area is 320 Å². The summed E-state index contributed by atoms with van der Waals surface area (Å²) in [5, 5.41) is 15.2. The zero-order chi connectivity index (χ0) is 36.5. The van der Waals surface area contributed by atoms with Gasteiger partial charge >= 0.3 is 0 Å². The molecule has 8 nitrogen and oxygen atoms in total. The molecule has 1 amide bonds. The number of carbonyl (C=O) groups excluding carboxylic acids is 1. The van der Waals surface area contributed by atoms with Crippen LogP contribution >= 0.6 is 23.2 Å². The topological polar surface area (TPSA) is 93.0 Å². The zero-order valence-electron chi connectivity index (χ0n) is 29.7. The molecule has 0 unspecified atom stereocenters. The van der Waals surface area contributed by atoms with Crippen LogP contribution < -0.4 is 10.2 Å². The van der Waals surface area contributed by atoms with Gasteiger partial charge in [0.05, 0.1) is 46.8 Å². The zero-order valence-corrected chi connectivity index (χ0v) is 31.2. The lowest BCUT2D eigenvalue weighted by Gasteiger charge is -2.42. The van der Waals surface area contributed by atoms with E-state index < -0.39 is 0 Å². The van der Waals surface area contributed by atoms with Crippen molar-refractivity contribution in [1.29, 1.82) is 5.26 Å². The number of aromatic amines is 1. The molecule has 0 radical (unpaired) electrons. The van der Waals surface area contributed by atoms with E-state index in [4.69, 9.17) is 28.2 Å². The molecule has 1 atom stereocenters. The second-order valence-corrected chi connectivity index (χ2v) is 15.0. The van der Waals surface area contributed by atoms with Gasteiger partial charge in [0.1, 0.15) is 5.69 Å². The van der Waals surface area contributed by atoms with Crippen LogP contribution in [0.1, 0.15) is 66.7 Å². The van der Waals surface area contributed by atoms with Gasteiger partial charge in [-0.2, -0.15) is 5.26 Å². The Morgan fingerprint density at radius 3 is 2.38 bits per heavy atom. The molecule has 2 N–H and O–H groups in total. The molecule has 0 spiro atoms. The first-order chi connectivity index (χ1) is 25.9. The summed E-state index contributed by atoms with van der Waals surface area (Å²) in [6.45, 7) is 5.77. The van der Waals surface area contributed by atoms with E-state index in [1.54, 1.807) is 6.07 Å². The third-order valence-corrected chi connectivity index (χ3v) is 11.4. The number of fused-ring (bicyclic) bond motifs is 1. The molecule has 4 aromatic carbocycles. The van der Waals surface area contributed by atoms with Gasteiger partial charge in [-0.1, -0.05) is 91.0 Å². The number of amides is 1. The van der Waals surface area contributed by atoms with Gasteiger partial charge in [-0.25, -0.2) is 4.98 Å². The number of carbonyl (C=O) groups is 1. The van der Waals surface area contributed by atoms with Gasteiger partial charge in [-0.3, -0.25) is 9.69 Å². The standard InChI is InChI=1S/C43H41Cl2N7O/c1-28(30-13-15-32(44)16-14-30)52-27-47-40(31-8-4-2-5-9-31)42(52)39-35-18-17-33(45)25-36(35)48-41(39)43(53)49-37-24-29(26-46)12-19-38(37)51-22-20-50(21-23-51)34-10-6-3-7-11-34/h2,4-5,8-9,12-19,24-25,27-28,34,48H,3,6-7,10-11,20-23H2,1H3,(H,49,53)/t28-/m0/s1. The molecule has 1 aliphatic heterocycles. The summed E-state index contributed by atoms with van der Waals surface area (Å²) >= 11 is 12.8. The molecule has 6 aromatic rings. The normalized spacial score (nSPS) is 16.1. The van der Waals surface area contributed by atoms with Crippen molar-refractivity contribution in [3.8, 4) is 28.6 Å². The molecule has 1 aliphatic carbocycles. The minimum atomic E-state index is -0.324. The number of H-pyrrole nitrogens is 1. The Bertz CT molecular complexity index is 2290. The first kappa shape index (κ1) is 35.0. The van der Waals surface area contributed by atoms with Gasteiger partial charge in [0.15, 0.2) is 0 Å². The highest BCUT2D eigenvalue weighted by Crippen LogP contribution is 2.42. The van der Waals surface area contributed by atoms with E-state index in [1.165, 1.54) is 32.1 Å². The van der Waals surface area contributed by atoms with E-state index in [0.29, 0.717) is 38.6 Å². The molecular weight excluding hydrogens is 701 g/mol. The summed E-state index contributed by atoms with van der Waals surface area (Å²) in [6, 6.07) is 31.8. The van der Waals surface area contributed by atoms with Crippen molar-refractivity contribution >= 4 is 51.4 Å². The van der Waals surface area contributed by atoms with Gasteiger partial charge in [-0.05, 0) is 67.8 Å². The fraction of sp³-hybridized carbons (Fsp3) is 0.279. The van der Waals surface area contributed by atoms with E-state index >= 15 is 0 Å². The maximum absolute atomic E-state index is 14.8. The number of rotatable bonds is 8. The highest BCUT2D eigenvalue weighted by molar-refractivity contribution is 6.31. The molecule has 3 heterocycles. The molecule has 2 fully saturated rings. The summed E-state index contributed by atoms with van der Waals surface area (Å²) in [5.74, 6) is -0.324. The molecular formula is C43H41Cl2N7O. The van der Waals surface area contributed by atoms with Crippen molar-refractivity contribution in [1.82, 2.24) is 19.4 Å². The van der Waals surface area contributed by atoms with Crippen molar-refractivity contribution in [2.45, 2.75) is 51.1 Å². The van der Waals surface area contributed by atoms with Crippen LogP contribution in [0, 0.1) is 11.3 Å². The second kappa shape index (κ2) is 15.1. The molecule has 2 aliphatic rings. The van der Waals surface area contributed by atoms with Crippen molar-refractivity contribution < 1.29 is 4.79 Å². The van der Waals surface area contributed by atoms with Crippen LogP contribution in [0.3, 0.4) is 0 Å². The monoisotopic (exact) mass is 741 g/mol. The number of nitrogens with one attached hydrogen (secondary N) is 2. The number of nitriles is 1. The molecule has 10 heteroatoms. The van der Waals surface area contributed by atoms with E-state index in [1.807, 2.05) is 91.3 Å². The molecule has 2 aromatic heterocycles. The van der Waals surface area contributed by atoms with Crippen molar-refractivity contribution in [3.05, 3.63) is 124 Å². The summed E-state index contributed by atoms with van der Waals surface area (Å²) in [5.41, 5.74) is 7.33. The van der Waals surface area contributed by atoms with Gasteiger partial charge in [0, 0.05) is 64.3 Å². The van der Waals surface area contributed by atoms with E-state index in [9.17, 15) is 10.1 Å². The second-order valence-electron chi connectivity index (χ2n) is 14.1. The number of hydrogen-bond donors (Lipinski definition) is 2. The van der Waals surface area contributed by atoms with E-state index in [0.717, 1.165) is 65.3 Å². The number of nitrogens with zero attached hydrogens (tertiary/aromatic N) is 5. The third kappa shape index (κ3) is 7.05. The highest BCUT2D eigenvalue weighted by Gasteiger charge is 2.30. The van der Waals surface area contributed by atoms with Crippen LogP contribution in [0.25, 0.3) is 33.4 Å². The molecule has 1 saturated carbocycles. The molecule has 53 heavy (non-hydrogen) atoms. The summed E-state index contributed by atoms with van der Waals surface area (Å²) < 4.78 is 2.12. The Balaban J connectivity index is 1.21. The largest absolute Gasteiger partial charge is 0.367 e. The van der Waals surface area contributed by atoms with Crippen LogP contribution in [0.15, 0.2) is 97.3 Å². The third-order valence-electron chi connectivity index (χ3n) is 11.0. The Morgan fingerprint density at radius 2 is 1.64 bits per heavy atom. The fourth-order valence-electron chi connectivity index (χ4n) is 8.14. The summed E-state index contributed by atoms with van der Waals surface area (Å²) in [4.78, 5) is 28.2. The predicted octanol–water partition coefficient (Wildman–Crippen LogP) is 10.2. The average molecular weight is 743 g/mol. The maximum atomic E-state index is 14.8. The smallest absolute Gasteiger partial charge is 0.272 e. The summed E-state index contributed by atoms with van der Waals surface area (Å²) in [7, 11) is 0. The lowest BCUT2D eigenvalue weighted by Crippen LogP contribution is -2.51. The van der Waals surface area contributed by atoms with E-state index in [2.05, 4.69) is 37.7 Å². The van der Waals surface area contributed by atoms with Crippen LogP contribution in [0.5, 0.6) is 0 Å². The number of piperazine rings is 1. The van der Waals surface area contributed by atoms with Crippen molar-refractivity contribution in [3.63, 3.8) is 0 Å². The molecule has 0 bridgehead atoms. The van der Waals surface area contributed by atoms with Gasteiger partial charge < -0.3 is 19.8 Å². The van der Waals surface area contributed by atoms with Crippen molar-refractivity contribution in [2.24, 2.45) is 0 Å². The minimum absolute atomic E-state index is 0.147. The van der Waals surface area contributed by atoms with E-state index in [-0.39, 0.29) is 11.9 Å². The first-order valence-corrected chi connectivity index (χ1v) is 19.2. The number of anilines is 2. The maximum Gasteiger partial charge on any atom is 0.272 e. The van der Waals surface area contributed by atoms with Crippen LogP contribution in [0.4, 0.5) is 11.4 Å². The highest BCUT2D eigenvalue weighted by atomic mass is 35.5. The predicted molar refractivity (Wildman–Crippen MR) is 215 cm³/mol. The average Bonchev–Trinajstić information content (AvgIpc) is 3.80. The quantitative estimate of drug-likeness (QED) is 0.162. The lowest BCUT2D eigenvalue weighted by molar-refractivity contribution is 0.102. The SMILES string of the molecule is C[C@@H](c1ccc(Cl)cc1)n1cnc(-c2ccccc2)c1-c1c(C(=O)Nc2cc(C#N)ccc2N2CCN(C3CCCCC3)CC2)[nH]c2cc(Cl)ccc12. The number of hydrogen-bond acceptors (Lipinski definition) is 5. The minimum Gasteiger partial charge on any atom is -0.367 e. The molecule has 8 rings (SSSR count). The van der Waals surface area contributed by atoms with Crippen LogP contribution in [-0.4, -0.2) is 57.6 Å². The molecule has 1 saturated heterocycles. The Hall–Kier alpha value is -5.07. The number of benzene rings is 4. The first-order valence-electron chi connectivity index (χ1n) is 18.4. The van der Waals surface area contributed by atoms with Crippen LogP contribution in [-0.2, 0) is 0 Å². The van der Waals surface area contributed by atoms with Gasteiger partial charge in [0.2, 0.25) is 0 Å². The van der Waals surface area contributed by atoms with Crippen molar-refractivity contribution in [2.75, 3.05) is 36.4 Å². The van der Waals surface area contributed by atoms with Crippen LogP contribution in [0.2, 0.25) is 10.0 Å². The number of halogens is 2. The van der Waals surface area contributed by atoms with Gasteiger partial charge in [-0.15, -0.1) is 0 Å². The fourth-order valence-corrected chi connectivity index (χ4v) is 8.44. The number of imidazole rings is 1. The molecule has 268 valence electrons. The Morgan fingerprint density at radius 1 is 0.906 bits per heavy atom. The van der Waals surface area contributed by atoms with Gasteiger partial charge in [0.25, 0.3) is 5.91 Å².